The smallest absolute Gasteiger partial charge is 0.251 e. The molecule has 0 aliphatic rings. The molecule has 206 valence electrons. The molecule has 0 bridgehead atoms. The van der Waals surface area contributed by atoms with Gasteiger partial charge in [0.2, 0.25) is 5.82 Å². The van der Waals surface area contributed by atoms with Gasteiger partial charge in [0.1, 0.15) is 0 Å². The minimum Gasteiger partial charge on any atom is -0.494 e. The van der Waals surface area contributed by atoms with Crippen LogP contribution >= 0.6 is 0 Å². The minimum atomic E-state index is -1.06. The molecule has 0 unspecified atom stereocenters. The van der Waals surface area contributed by atoms with E-state index in [4.69, 9.17) is 9.47 Å². The molecule has 2 heterocycles. The van der Waals surface area contributed by atoms with Crippen LogP contribution in [0, 0.1) is 11.6 Å². The molecule has 2 aromatic carbocycles. The summed E-state index contributed by atoms with van der Waals surface area (Å²) in [5, 5.41) is 6.13. The van der Waals surface area contributed by atoms with Gasteiger partial charge < -0.3 is 25.0 Å². The molecule has 0 spiro atoms. The number of fused-ring (bicyclic) bond motifs is 1. The van der Waals surface area contributed by atoms with E-state index in [2.05, 4.69) is 20.6 Å². The molecule has 2 aromatic heterocycles. The first-order chi connectivity index (χ1) is 18.8. The normalized spacial score (nSPS) is 11.3. The van der Waals surface area contributed by atoms with Gasteiger partial charge in [-0.25, -0.2) is 14.4 Å². The Hall–Kier alpha value is -4.09. The second-order valence-electron chi connectivity index (χ2n) is 9.08. The van der Waals surface area contributed by atoms with Crippen molar-refractivity contribution in [1.82, 2.24) is 24.6 Å². The number of ether oxygens (including phenoxy) is 2. The zero-order chi connectivity index (χ0) is 27.9. The van der Waals surface area contributed by atoms with Crippen LogP contribution in [0.3, 0.4) is 0 Å². The first-order valence-corrected chi connectivity index (χ1v) is 12.6. The number of halogens is 2. The molecule has 0 aliphatic carbocycles. The number of amides is 1. The highest BCUT2D eigenvalue weighted by molar-refractivity contribution is 5.96. The molecule has 0 fully saturated rings. The van der Waals surface area contributed by atoms with Gasteiger partial charge in [-0.15, -0.1) is 0 Å². The Morgan fingerprint density at radius 3 is 2.67 bits per heavy atom. The van der Waals surface area contributed by atoms with Gasteiger partial charge in [0.05, 0.1) is 32.2 Å². The van der Waals surface area contributed by atoms with Crippen LogP contribution in [0.1, 0.15) is 22.8 Å². The number of aromatic nitrogens is 3. The van der Waals surface area contributed by atoms with Crippen molar-refractivity contribution in [3.63, 3.8) is 0 Å². The van der Waals surface area contributed by atoms with Crippen molar-refractivity contribution < 1.29 is 23.0 Å². The Bertz CT molecular complexity index is 1460. The molecule has 11 heteroatoms. The summed E-state index contributed by atoms with van der Waals surface area (Å²) >= 11 is 0. The summed E-state index contributed by atoms with van der Waals surface area (Å²) in [5.41, 5.74) is 2.99. The van der Waals surface area contributed by atoms with Crippen LogP contribution in [-0.4, -0.2) is 72.7 Å². The molecule has 9 nitrogen and oxygen atoms in total. The number of likely N-dealkylation sites (N-methyl/N-ethyl adjacent to an activating group) is 1. The number of carbonyl (C=O) groups is 1. The SMILES string of the molecule is CCc1cc(Nc2nccn3c(-c4ccc(OC)c(F)c4F)cnc23)ccc1C(=O)NCCOCCN(C)C. The molecule has 1 amide bonds. The van der Waals surface area contributed by atoms with Gasteiger partial charge in [0, 0.05) is 42.3 Å². The lowest BCUT2D eigenvalue weighted by atomic mass is 10.0. The highest BCUT2D eigenvalue weighted by Gasteiger charge is 2.19. The largest absolute Gasteiger partial charge is 0.494 e. The maximum Gasteiger partial charge on any atom is 0.251 e. The lowest BCUT2D eigenvalue weighted by molar-refractivity contribution is 0.0899. The van der Waals surface area contributed by atoms with Gasteiger partial charge in [0.25, 0.3) is 5.91 Å². The fraction of sp³-hybridized carbons (Fsp3) is 0.321. The highest BCUT2D eigenvalue weighted by atomic mass is 19.2. The van der Waals surface area contributed by atoms with Gasteiger partial charge in [-0.3, -0.25) is 9.20 Å². The molecular formula is C28H32F2N6O3. The third-order valence-electron chi connectivity index (χ3n) is 6.18. The van der Waals surface area contributed by atoms with Crippen LogP contribution in [0.5, 0.6) is 5.75 Å². The molecule has 0 aliphatic heterocycles. The van der Waals surface area contributed by atoms with E-state index < -0.39 is 11.6 Å². The van der Waals surface area contributed by atoms with E-state index in [9.17, 15) is 13.6 Å². The second-order valence-corrected chi connectivity index (χ2v) is 9.08. The first-order valence-electron chi connectivity index (χ1n) is 12.6. The van der Waals surface area contributed by atoms with Crippen molar-refractivity contribution in [1.29, 1.82) is 0 Å². The Morgan fingerprint density at radius 2 is 1.92 bits per heavy atom. The van der Waals surface area contributed by atoms with Crippen molar-refractivity contribution in [2.45, 2.75) is 13.3 Å². The lowest BCUT2D eigenvalue weighted by Crippen LogP contribution is -2.29. The summed E-state index contributed by atoms with van der Waals surface area (Å²) in [5.74, 6) is -2.01. The average molecular weight is 539 g/mol. The quantitative estimate of drug-likeness (QED) is 0.260. The number of nitrogens with zero attached hydrogens (tertiary/aromatic N) is 4. The predicted molar refractivity (Wildman–Crippen MR) is 146 cm³/mol. The Morgan fingerprint density at radius 1 is 1.10 bits per heavy atom. The monoisotopic (exact) mass is 538 g/mol. The Kier molecular flexibility index (Phi) is 9.05. The van der Waals surface area contributed by atoms with E-state index >= 15 is 0 Å². The minimum absolute atomic E-state index is 0.0460. The van der Waals surface area contributed by atoms with Crippen molar-refractivity contribution in [2.75, 3.05) is 52.8 Å². The molecule has 0 radical (unpaired) electrons. The maximum absolute atomic E-state index is 14.8. The summed E-state index contributed by atoms with van der Waals surface area (Å²) in [4.78, 5) is 23.6. The fourth-order valence-corrected chi connectivity index (χ4v) is 4.10. The van der Waals surface area contributed by atoms with E-state index in [-0.39, 0.29) is 17.2 Å². The zero-order valence-electron chi connectivity index (χ0n) is 22.4. The standard InChI is InChI=1S/C28H32F2N6O3/c1-5-18-16-19(6-7-20(18)28(37)32-11-14-39-15-13-35(2)3)34-26-27-33-17-22(36(27)12-10-31-26)21-8-9-23(38-4)25(30)24(21)29/h6-10,12,16-17H,5,11,13-15H2,1-4H3,(H,31,34)(H,32,37). The molecule has 2 N–H and O–H groups in total. The van der Waals surface area contributed by atoms with Crippen LogP contribution in [0.2, 0.25) is 0 Å². The number of hydrogen-bond donors (Lipinski definition) is 2. The zero-order valence-corrected chi connectivity index (χ0v) is 22.4. The molecule has 0 saturated carbocycles. The topological polar surface area (TPSA) is 93.0 Å². The fourth-order valence-electron chi connectivity index (χ4n) is 4.10. The third-order valence-corrected chi connectivity index (χ3v) is 6.18. The van der Waals surface area contributed by atoms with Gasteiger partial charge in [-0.05, 0) is 56.4 Å². The number of imidazole rings is 1. The predicted octanol–water partition coefficient (Wildman–Crippen LogP) is 4.30. The van der Waals surface area contributed by atoms with Crippen molar-refractivity contribution in [3.05, 3.63) is 71.7 Å². The average Bonchev–Trinajstić information content (AvgIpc) is 3.36. The Labute approximate surface area is 225 Å². The molecule has 0 saturated heterocycles. The van der Waals surface area contributed by atoms with Crippen LogP contribution in [0.15, 0.2) is 48.9 Å². The van der Waals surface area contributed by atoms with Crippen LogP contribution in [0.25, 0.3) is 16.9 Å². The number of rotatable bonds is 12. The number of anilines is 2. The summed E-state index contributed by atoms with van der Waals surface area (Å²) in [6.45, 7) is 4.26. The molecular weight excluding hydrogens is 506 g/mol. The van der Waals surface area contributed by atoms with Gasteiger partial charge in [-0.1, -0.05) is 6.92 Å². The number of benzene rings is 2. The number of nitrogens with one attached hydrogen (secondary N) is 2. The van der Waals surface area contributed by atoms with Crippen LogP contribution in [0.4, 0.5) is 20.3 Å². The molecule has 0 atom stereocenters. The van der Waals surface area contributed by atoms with E-state index in [0.717, 1.165) is 12.1 Å². The number of methoxy groups -OCH3 is 1. The van der Waals surface area contributed by atoms with Gasteiger partial charge >= 0.3 is 0 Å². The highest BCUT2D eigenvalue weighted by Crippen LogP contribution is 2.31. The van der Waals surface area contributed by atoms with Gasteiger partial charge in [-0.2, -0.15) is 4.39 Å². The van der Waals surface area contributed by atoms with E-state index in [1.807, 2.05) is 32.0 Å². The number of carbonyl (C=O) groups excluding carboxylic acids is 1. The summed E-state index contributed by atoms with van der Waals surface area (Å²) < 4.78 is 41.1. The van der Waals surface area contributed by atoms with E-state index in [1.54, 1.807) is 28.9 Å². The first kappa shape index (κ1) is 27.9. The number of hydrogen-bond acceptors (Lipinski definition) is 7. The number of aryl methyl sites for hydroxylation is 1. The van der Waals surface area contributed by atoms with Gasteiger partial charge in [0.15, 0.2) is 23.0 Å². The van der Waals surface area contributed by atoms with E-state index in [1.165, 1.54) is 25.4 Å². The van der Waals surface area contributed by atoms with Crippen molar-refractivity contribution in [3.8, 4) is 17.0 Å². The van der Waals surface area contributed by atoms with E-state index in [0.29, 0.717) is 54.6 Å². The molecule has 4 rings (SSSR count). The summed E-state index contributed by atoms with van der Waals surface area (Å²) in [7, 11) is 5.23. The molecule has 4 aromatic rings. The Balaban J connectivity index is 1.50. The lowest BCUT2D eigenvalue weighted by Gasteiger charge is -2.13. The van der Waals surface area contributed by atoms with Crippen LogP contribution < -0.4 is 15.4 Å². The second kappa shape index (κ2) is 12.6. The summed E-state index contributed by atoms with van der Waals surface area (Å²) in [6, 6.07) is 8.25. The van der Waals surface area contributed by atoms with Crippen LogP contribution in [-0.2, 0) is 11.2 Å². The van der Waals surface area contributed by atoms with Crippen molar-refractivity contribution in [2.24, 2.45) is 0 Å². The van der Waals surface area contributed by atoms with Crippen molar-refractivity contribution >= 4 is 23.1 Å². The maximum atomic E-state index is 14.8. The summed E-state index contributed by atoms with van der Waals surface area (Å²) in [6.07, 6.45) is 5.27. The molecule has 39 heavy (non-hydrogen) atoms. The third kappa shape index (κ3) is 6.32.